The molecule has 0 aliphatic rings. The monoisotopic (exact) mass is 382 g/mol. The summed E-state index contributed by atoms with van der Waals surface area (Å²) in [6.45, 7) is 3.07. The molecule has 0 fully saturated rings. The van der Waals surface area contributed by atoms with E-state index in [-0.39, 0.29) is 24.4 Å². The minimum absolute atomic E-state index is 0.0103. The Bertz CT molecular complexity index is 1060. The highest BCUT2D eigenvalue weighted by Crippen LogP contribution is 2.26. The van der Waals surface area contributed by atoms with E-state index in [1.54, 1.807) is 37.5 Å². The minimum atomic E-state index is -1.05. The molecule has 1 N–H and O–H groups in total. The van der Waals surface area contributed by atoms with Gasteiger partial charge in [-0.2, -0.15) is 5.10 Å². The van der Waals surface area contributed by atoms with Crippen molar-refractivity contribution >= 4 is 28.6 Å². The van der Waals surface area contributed by atoms with Crippen LogP contribution < -0.4 is 0 Å². The molecule has 0 saturated carbocycles. The number of aromatic nitrogens is 4. The number of carbonyl (C=O) groups is 3. The van der Waals surface area contributed by atoms with Crippen LogP contribution in [0.3, 0.4) is 0 Å². The molecule has 2 heterocycles. The van der Waals surface area contributed by atoms with Crippen molar-refractivity contribution in [2.45, 2.75) is 26.8 Å². The number of benzene rings is 1. The predicted molar refractivity (Wildman–Crippen MR) is 98.7 cm³/mol. The maximum atomic E-state index is 11.9. The SMILES string of the molecule is CCOC(=O)Cc1ncc(-c2ccc3c(c2)c(C(C)=O)nn3CC(=O)O)cn1. The van der Waals surface area contributed by atoms with E-state index in [0.29, 0.717) is 28.9 Å². The fourth-order valence-corrected chi connectivity index (χ4v) is 2.80. The lowest BCUT2D eigenvalue weighted by Gasteiger charge is -2.05. The number of Topliss-reactive ketones (excluding diaryl/α,β-unsaturated/α-hetero) is 1. The lowest BCUT2D eigenvalue weighted by atomic mass is 10.0. The van der Waals surface area contributed by atoms with Crippen molar-refractivity contribution in [2.24, 2.45) is 0 Å². The van der Waals surface area contributed by atoms with Crippen molar-refractivity contribution in [1.82, 2.24) is 19.7 Å². The van der Waals surface area contributed by atoms with Crippen LogP contribution in [0, 0.1) is 0 Å². The first kappa shape index (κ1) is 19.2. The molecule has 0 saturated heterocycles. The van der Waals surface area contributed by atoms with Crippen molar-refractivity contribution in [3.05, 3.63) is 42.1 Å². The summed E-state index contributed by atoms with van der Waals surface area (Å²) in [5.41, 5.74) is 2.19. The maximum absolute atomic E-state index is 11.9. The Hall–Kier alpha value is -3.62. The van der Waals surface area contributed by atoms with Gasteiger partial charge >= 0.3 is 11.9 Å². The topological polar surface area (TPSA) is 124 Å². The number of rotatable bonds is 7. The van der Waals surface area contributed by atoms with Crippen LogP contribution in [-0.2, 0) is 27.3 Å². The third-order valence-corrected chi connectivity index (χ3v) is 4.02. The Balaban J connectivity index is 1.95. The number of fused-ring (bicyclic) bond motifs is 1. The molecule has 2 aromatic heterocycles. The van der Waals surface area contributed by atoms with E-state index in [1.165, 1.54) is 11.6 Å². The molecule has 9 nitrogen and oxygen atoms in total. The van der Waals surface area contributed by atoms with E-state index in [4.69, 9.17) is 9.84 Å². The zero-order valence-corrected chi connectivity index (χ0v) is 15.4. The summed E-state index contributed by atoms with van der Waals surface area (Å²) in [7, 11) is 0. The average Bonchev–Trinajstić information content (AvgIpc) is 3.00. The molecule has 0 amide bonds. The first-order valence-corrected chi connectivity index (χ1v) is 8.59. The quantitative estimate of drug-likeness (QED) is 0.485. The number of carboxylic acid groups (broad SMARTS) is 1. The van der Waals surface area contributed by atoms with Crippen LogP contribution in [0.15, 0.2) is 30.6 Å². The lowest BCUT2D eigenvalue weighted by molar-refractivity contribution is -0.142. The minimum Gasteiger partial charge on any atom is -0.480 e. The van der Waals surface area contributed by atoms with Crippen molar-refractivity contribution in [3.8, 4) is 11.1 Å². The lowest BCUT2D eigenvalue weighted by Crippen LogP contribution is -2.10. The Morgan fingerprint density at radius 3 is 2.46 bits per heavy atom. The van der Waals surface area contributed by atoms with Crippen molar-refractivity contribution in [2.75, 3.05) is 6.61 Å². The van der Waals surface area contributed by atoms with E-state index in [9.17, 15) is 14.4 Å². The van der Waals surface area contributed by atoms with E-state index in [0.717, 1.165) is 5.56 Å². The van der Waals surface area contributed by atoms with Crippen LogP contribution in [-0.4, -0.2) is 49.2 Å². The Kier molecular flexibility index (Phi) is 5.44. The number of hydrogen-bond donors (Lipinski definition) is 1. The molecule has 1 aromatic carbocycles. The molecular weight excluding hydrogens is 364 g/mol. The highest BCUT2D eigenvalue weighted by molar-refractivity contribution is 6.06. The van der Waals surface area contributed by atoms with Crippen molar-refractivity contribution in [1.29, 1.82) is 0 Å². The van der Waals surface area contributed by atoms with Gasteiger partial charge in [0.05, 0.1) is 12.1 Å². The molecule has 0 spiro atoms. The fourth-order valence-electron chi connectivity index (χ4n) is 2.80. The van der Waals surface area contributed by atoms with Crippen LogP contribution in [0.4, 0.5) is 0 Å². The zero-order chi connectivity index (χ0) is 20.3. The molecule has 0 unspecified atom stereocenters. The Morgan fingerprint density at radius 2 is 1.86 bits per heavy atom. The second-order valence-electron chi connectivity index (χ2n) is 6.06. The van der Waals surface area contributed by atoms with E-state index in [1.807, 2.05) is 0 Å². The molecule has 0 aliphatic heterocycles. The van der Waals surface area contributed by atoms with E-state index in [2.05, 4.69) is 15.1 Å². The number of nitrogens with zero attached hydrogens (tertiary/aromatic N) is 4. The second-order valence-corrected chi connectivity index (χ2v) is 6.06. The van der Waals surface area contributed by atoms with Gasteiger partial charge < -0.3 is 9.84 Å². The molecule has 3 rings (SSSR count). The maximum Gasteiger partial charge on any atom is 0.325 e. The number of ketones is 1. The summed E-state index contributed by atoms with van der Waals surface area (Å²) in [5.74, 6) is -1.35. The fraction of sp³-hybridized carbons (Fsp3) is 0.263. The highest BCUT2D eigenvalue weighted by atomic mass is 16.5. The molecule has 3 aromatic rings. The third kappa shape index (κ3) is 4.03. The largest absolute Gasteiger partial charge is 0.480 e. The first-order chi connectivity index (χ1) is 13.4. The number of ether oxygens (including phenoxy) is 1. The number of aliphatic carboxylic acids is 1. The van der Waals surface area contributed by atoms with E-state index < -0.39 is 11.9 Å². The van der Waals surface area contributed by atoms with Crippen LogP contribution in [0.2, 0.25) is 0 Å². The predicted octanol–water partition coefficient (Wildman–Crippen LogP) is 1.89. The molecule has 144 valence electrons. The van der Waals surface area contributed by atoms with Crippen LogP contribution in [0.5, 0.6) is 0 Å². The van der Waals surface area contributed by atoms with Gasteiger partial charge in [-0.3, -0.25) is 19.1 Å². The Morgan fingerprint density at radius 1 is 1.14 bits per heavy atom. The molecule has 0 atom stereocenters. The third-order valence-electron chi connectivity index (χ3n) is 4.02. The summed E-state index contributed by atoms with van der Waals surface area (Å²) in [6.07, 6.45) is 3.15. The number of esters is 1. The summed E-state index contributed by atoms with van der Waals surface area (Å²) in [5, 5.41) is 13.7. The molecule has 0 aliphatic carbocycles. The van der Waals surface area contributed by atoms with Gasteiger partial charge in [-0.05, 0) is 24.6 Å². The van der Waals surface area contributed by atoms with Gasteiger partial charge in [0, 0.05) is 30.3 Å². The van der Waals surface area contributed by atoms with Gasteiger partial charge in [0.25, 0.3) is 0 Å². The van der Waals surface area contributed by atoms with Crippen molar-refractivity contribution in [3.63, 3.8) is 0 Å². The molecule has 9 heteroatoms. The summed E-state index contributed by atoms with van der Waals surface area (Å²) < 4.78 is 6.16. The summed E-state index contributed by atoms with van der Waals surface area (Å²) in [4.78, 5) is 42.8. The average molecular weight is 382 g/mol. The smallest absolute Gasteiger partial charge is 0.325 e. The zero-order valence-electron chi connectivity index (χ0n) is 15.4. The van der Waals surface area contributed by atoms with Crippen LogP contribution in [0.25, 0.3) is 22.0 Å². The van der Waals surface area contributed by atoms with Gasteiger partial charge in [-0.15, -0.1) is 0 Å². The Labute approximate surface area is 160 Å². The van der Waals surface area contributed by atoms with Gasteiger partial charge in [-0.25, -0.2) is 9.97 Å². The molecular formula is C19H18N4O5. The van der Waals surface area contributed by atoms with E-state index >= 15 is 0 Å². The molecule has 0 bridgehead atoms. The number of carboxylic acids is 1. The van der Waals surface area contributed by atoms with Gasteiger partial charge in [0.2, 0.25) is 0 Å². The second kappa shape index (κ2) is 7.95. The van der Waals surface area contributed by atoms with Gasteiger partial charge in [-0.1, -0.05) is 6.07 Å². The summed E-state index contributed by atoms with van der Waals surface area (Å²) in [6, 6.07) is 5.23. The normalized spacial score (nSPS) is 10.8. The van der Waals surface area contributed by atoms with Crippen molar-refractivity contribution < 1.29 is 24.2 Å². The number of hydrogen-bond acceptors (Lipinski definition) is 7. The van der Waals surface area contributed by atoms with Crippen LogP contribution in [0.1, 0.15) is 30.2 Å². The first-order valence-electron chi connectivity index (χ1n) is 8.59. The van der Waals surface area contributed by atoms with Gasteiger partial charge in [0.15, 0.2) is 5.78 Å². The highest BCUT2D eigenvalue weighted by Gasteiger charge is 2.17. The van der Waals surface area contributed by atoms with Crippen LogP contribution >= 0.6 is 0 Å². The van der Waals surface area contributed by atoms with Gasteiger partial charge in [0.1, 0.15) is 24.5 Å². The molecule has 28 heavy (non-hydrogen) atoms. The molecule has 0 radical (unpaired) electrons. The standard InChI is InChI=1S/C19H18N4O5/c1-3-28-18(27)7-16-20-8-13(9-21-16)12-4-5-15-14(6-12)19(11(2)24)22-23(15)10-17(25)26/h4-6,8-9H,3,7,10H2,1-2H3,(H,25,26). The summed E-state index contributed by atoms with van der Waals surface area (Å²) >= 11 is 0. The number of carbonyl (C=O) groups excluding carboxylic acids is 2.